The number of ether oxygens (including phenoxy) is 3. The summed E-state index contributed by atoms with van der Waals surface area (Å²) in [5, 5.41) is 6.73. The molecule has 166 valence electrons. The summed E-state index contributed by atoms with van der Waals surface area (Å²) in [7, 11) is 0. The Balaban J connectivity index is 1.73. The van der Waals surface area contributed by atoms with Gasteiger partial charge in [-0.1, -0.05) is 6.08 Å². The van der Waals surface area contributed by atoms with Crippen molar-refractivity contribution in [1.82, 2.24) is 4.68 Å². The first-order valence-electron chi connectivity index (χ1n) is 9.88. The smallest absolute Gasteiger partial charge is 0.387 e. The molecular formula is C23H21F2N3O3S. The van der Waals surface area contributed by atoms with Crippen molar-refractivity contribution in [2.24, 2.45) is 10.1 Å². The molecule has 0 saturated heterocycles. The van der Waals surface area contributed by atoms with Gasteiger partial charge in [-0.15, -0.1) is 17.9 Å². The maximum atomic E-state index is 12.5. The highest BCUT2D eigenvalue weighted by atomic mass is 32.1. The van der Waals surface area contributed by atoms with Crippen LogP contribution in [0, 0.1) is 0 Å². The molecule has 0 unspecified atom stereocenters. The number of hydrogen-bond donors (Lipinski definition) is 0. The minimum absolute atomic E-state index is 0.0954. The normalized spacial score (nSPS) is 14.0. The summed E-state index contributed by atoms with van der Waals surface area (Å²) in [6.45, 7) is 4.23. The summed E-state index contributed by atoms with van der Waals surface area (Å²) in [5.74, 6) is 1.49. The lowest BCUT2D eigenvalue weighted by Gasteiger charge is -2.18. The van der Waals surface area contributed by atoms with Crippen LogP contribution in [0.3, 0.4) is 0 Å². The first-order valence-corrected chi connectivity index (χ1v) is 10.8. The third kappa shape index (κ3) is 4.88. The molecule has 0 spiro atoms. The molecule has 0 N–H and O–H groups in total. The molecule has 1 aromatic heterocycles. The van der Waals surface area contributed by atoms with E-state index in [0.717, 1.165) is 22.5 Å². The van der Waals surface area contributed by atoms with E-state index < -0.39 is 6.61 Å². The van der Waals surface area contributed by atoms with Crippen LogP contribution in [0.25, 0.3) is 11.3 Å². The summed E-state index contributed by atoms with van der Waals surface area (Å²) in [6, 6.07) is 12.1. The molecule has 2 heterocycles. The molecular weight excluding hydrogens is 436 g/mol. The minimum atomic E-state index is -2.87. The first-order chi connectivity index (χ1) is 15.5. The molecule has 0 amide bonds. The van der Waals surface area contributed by atoms with Crippen LogP contribution < -0.4 is 19.0 Å². The van der Waals surface area contributed by atoms with Crippen LogP contribution >= 0.6 is 11.3 Å². The number of halogens is 2. The van der Waals surface area contributed by atoms with Gasteiger partial charge < -0.3 is 14.2 Å². The van der Waals surface area contributed by atoms with E-state index in [2.05, 4.69) is 16.3 Å². The number of thiazole rings is 1. The molecule has 6 nitrogen and oxygen atoms in total. The highest BCUT2D eigenvalue weighted by Crippen LogP contribution is 2.31. The molecule has 0 aliphatic carbocycles. The number of benzene rings is 2. The summed E-state index contributed by atoms with van der Waals surface area (Å²) in [6.07, 6.45) is 1.71. The molecule has 0 saturated carbocycles. The maximum absolute atomic E-state index is 12.5. The fourth-order valence-electron chi connectivity index (χ4n) is 3.13. The Labute approximate surface area is 187 Å². The molecule has 0 radical (unpaired) electrons. The van der Waals surface area contributed by atoms with Gasteiger partial charge in [-0.05, 0) is 49.4 Å². The van der Waals surface area contributed by atoms with E-state index in [-0.39, 0.29) is 5.75 Å². The maximum Gasteiger partial charge on any atom is 0.387 e. The lowest BCUT2D eigenvalue weighted by atomic mass is 10.1. The van der Waals surface area contributed by atoms with E-state index in [9.17, 15) is 8.78 Å². The van der Waals surface area contributed by atoms with Gasteiger partial charge in [-0.2, -0.15) is 13.9 Å². The Hall–Kier alpha value is -3.46. The quantitative estimate of drug-likeness (QED) is 0.373. The van der Waals surface area contributed by atoms with E-state index in [1.165, 1.54) is 23.5 Å². The van der Waals surface area contributed by atoms with Gasteiger partial charge in [0.25, 0.3) is 0 Å². The Morgan fingerprint density at radius 2 is 1.94 bits per heavy atom. The number of nitrogens with zero attached hydrogens (tertiary/aromatic N) is 3. The van der Waals surface area contributed by atoms with Crippen LogP contribution in [0.5, 0.6) is 17.2 Å². The molecule has 3 aromatic rings. The Bertz CT molecular complexity index is 1200. The Kier molecular flexibility index (Phi) is 6.65. The van der Waals surface area contributed by atoms with Gasteiger partial charge in [-0.25, -0.2) is 4.68 Å². The van der Waals surface area contributed by atoms with Crippen LogP contribution in [0.15, 0.2) is 70.6 Å². The third-order valence-corrected chi connectivity index (χ3v) is 5.48. The zero-order chi connectivity index (χ0) is 22.5. The Morgan fingerprint density at radius 3 is 2.66 bits per heavy atom. The molecule has 0 atom stereocenters. The van der Waals surface area contributed by atoms with Crippen LogP contribution in [0.2, 0.25) is 0 Å². The summed E-state index contributed by atoms with van der Waals surface area (Å²) >= 11 is 1.43. The van der Waals surface area contributed by atoms with Crippen molar-refractivity contribution in [2.75, 3.05) is 19.8 Å². The molecule has 2 aromatic carbocycles. The zero-order valence-corrected chi connectivity index (χ0v) is 18.1. The number of rotatable bonds is 7. The van der Waals surface area contributed by atoms with Crippen LogP contribution in [0.4, 0.5) is 8.78 Å². The predicted molar refractivity (Wildman–Crippen MR) is 120 cm³/mol. The zero-order valence-electron chi connectivity index (χ0n) is 17.3. The van der Waals surface area contributed by atoms with E-state index in [0.29, 0.717) is 36.1 Å². The van der Waals surface area contributed by atoms with Gasteiger partial charge in [-0.3, -0.25) is 4.99 Å². The van der Waals surface area contributed by atoms with E-state index in [1.807, 2.05) is 30.5 Å². The summed E-state index contributed by atoms with van der Waals surface area (Å²) in [5.41, 5.74) is 3.20. The van der Waals surface area contributed by atoms with Crippen LogP contribution in [0.1, 0.15) is 12.5 Å². The van der Waals surface area contributed by atoms with Crippen LogP contribution in [-0.4, -0.2) is 36.8 Å². The lowest BCUT2D eigenvalue weighted by molar-refractivity contribution is -0.0498. The van der Waals surface area contributed by atoms with Crippen molar-refractivity contribution in [3.63, 3.8) is 0 Å². The fraction of sp³-hybridized carbons (Fsp3) is 0.217. The lowest BCUT2D eigenvalue weighted by Crippen LogP contribution is -2.16. The predicted octanol–water partition coefficient (Wildman–Crippen LogP) is 4.95. The average molecular weight is 458 g/mol. The highest BCUT2D eigenvalue weighted by Gasteiger charge is 2.14. The molecule has 9 heteroatoms. The average Bonchev–Trinajstić information content (AvgIpc) is 3.19. The van der Waals surface area contributed by atoms with Gasteiger partial charge >= 0.3 is 6.61 Å². The van der Waals surface area contributed by atoms with E-state index >= 15 is 0 Å². The fourth-order valence-corrected chi connectivity index (χ4v) is 3.97. The van der Waals surface area contributed by atoms with Crippen molar-refractivity contribution in [1.29, 1.82) is 0 Å². The first kappa shape index (κ1) is 21.8. The number of fused-ring (bicyclic) bond motifs is 1. The van der Waals surface area contributed by atoms with Crippen molar-refractivity contribution < 1.29 is 23.0 Å². The number of alkyl halides is 2. The molecule has 4 rings (SSSR count). The second-order valence-corrected chi connectivity index (χ2v) is 7.63. The molecule has 0 bridgehead atoms. The second kappa shape index (κ2) is 9.78. The van der Waals surface area contributed by atoms with Gasteiger partial charge in [0.1, 0.15) is 19.0 Å². The van der Waals surface area contributed by atoms with Crippen LogP contribution in [-0.2, 0) is 0 Å². The second-order valence-electron chi connectivity index (χ2n) is 6.79. The number of hydrogen-bond acceptors (Lipinski definition) is 6. The molecule has 32 heavy (non-hydrogen) atoms. The van der Waals surface area contributed by atoms with Crippen molar-refractivity contribution in [3.05, 3.63) is 70.9 Å². The standard InChI is InChI=1S/C23H21F2N3O3S/c1-3-10-26-23-28(19(14-32-23)16-4-7-18(8-5-16)31-22(24)25)27-15(2)17-6-9-20-21(13-17)30-12-11-29-20/h3-9,13-14,22H,1,10-12H2,2H3/b26-23?,27-15-. The van der Waals surface area contributed by atoms with Gasteiger partial charge in [0.15, 0.2) is 11.5 Å². The largest absolute Gasteiger partial charge is 0.486 e. The number of aromatic nitrogens is 1. The van der Waals surface area contributed by atoms with E-state index in [1.54, 1.807) is 22.9 Å². The Morgan fingerprint density at radius 1 is 1.19 bits per heavy atom. The minimum Gasteiger partial charge on any atom is -0.486 e. The SMILES string of the molecule is C=CCN=c1scc(-c2ccc(OC(F)F)cc2)n1/N=C(/C)c1ccc2c(c1)OCCO2. The van der Waals surface area contributed by atoms with Gasteiger partial charge in [0.05, 0.1) is 18.0 Å². The van der Waals surface area contributed by atoms with E-state index in [4.69, 9.17) is 14.6 Å². The van der Waals surface area contributed by atoms with Gasteiger partial charge in [0, 0.05) is 16.5 Å². The molecule has 1 aliphatic rings. The van der Waals surface area contributed by atoms with Crippen molar-refractivity contribution in [2.45, 2.75) is 13.5 Å². The van der Waals surface area contributed by atoms with Gasteiger partial charge in [0.2, 0.25) is 4.80 Å². The highest BCUT2D eigenvalue weighted by molar-refractivity contribution is 7.07. The molecule has 0 fully saturated rings. The molecule has 1 aliphatic heterocycles. The topological polar surface area (TPSA) is 57.3 Å². The third-order valence-electron chi connectivity index (χ3n) is 4.63. The van der Waals surface area contributed by atoms with Crippen molar-refractivity contribution >= 4 is 17.0 Å². The summed E-state index contributed by atoms with van der Waals surface area (Å²) < 4.78 is 42.4. The van der Waals surface area contributed by atoms with Crippen molar-refractivity contribution in [3.8, 4) is 28.5 Å². The monoisotopic (exact) mass is 457 g/mol. The summed E-state index contributed by atoms with van der Waals surface area (Å²) in [4.78, 5) is 5.22.